The summed E-state index contributed by atoms with van der Waals surface area (Å²) >= 11 is 0. The summed E-state index contributed by atoms with van der Waals surface area (Å²) in [4.78, 5) is 0. The number of ether oxygens (including phenoxy) is 1. The van der Waals surface area contributed by atoms with Crippen LogP contribution in [0.25, 0.3) is 0 Å². The molecule has 0 radical (unpaired) electrons. The lowest BCUT2D eigenvalue weighted by Gasteiger charge is -2.28. The zero-order valence-corrected chi connectivity index (χ0v) is 17.7. The first-order valence-electron chi connectivity index (χ1n) is 10.8. The zero-order valence-electron chi connectivity index (χ0n) is 17.7. The van der Waals surface area contributed by atoms with Crippen molar-refractivity contribution >= 4 is 0 Å². The molecular formula is C24H25F7O. The molecule has 1 fully saturated rings. The van der Waals surface area contributed by atoms with Crippen LogP contribution in [-0.4, -0.2) is 0 Å². The Kier molecular flexibility index (Phi) is 7.72. The van der Waals surface area contributed by atoms with Crippen molar-refractivity contribution < 1.29 is 35.5 Å². The highest BCUT2D eigenvalue weighted by molar-refractivity contribution is 5.31. The summed E-state index contributed by atoms with van der Waals surface area (Å²) in [5.74, 6) is -8.40. The Balaban J connectivity index is 1.68. The number of halogens is 7. The van der Waals surface area contributed by atoms with Crippen LogP contribution in [0.2, 0.25) is 0 Å². The van der Waals surface area contributed by atoms with Crippen molar-refractivity contribution in [3.8, 4) is 5.75 Å². The molecule has 0 aromatic heterocycles. The average Bonchev–Trinajstić information content (AvgIpc) is 2.70. The SMILES string of the molecule is CCC[C@H]1CC[C@H](CCc2cc(F)c(C(F)(F)Oc3cc(F)c(F)c(F)c3)c(F)c2)CC1. The summed E-state index contributed by atoms with van der Waals surface area (Å²) in [6.45, 7) is 2.16. The van der Waals surface area contributed by atoms with Gasteiger partial charge in [-0.05, 0) is 42.4 Å². The van der Waals surface area contributed by atoms with Crippen molar-refractivity contribution in [1.29, 1.82) is 0 Å². The molecular weight excluding hydrogens is 437 g/mol. The van der Waals surface area contributed by atoms with Gasteiger partial charge in [0.2, 0.25) is 0 Å². The quantitative estimate of drug-likeness (QED) is 0.285. The van der Waals surface area contributed by atoms with Gasteiger partial charge in [0, 0.05) is 12.1 Å². The molecule has 176 valence electrons. The van der Waals surface area contributed by atoms with Gasteiger partial charge in [-0.2, -0.15) is 8.78 Å². The Hall–Kier alpha value is -2.25. The Bertz CT molecular complexity index is 890. The molecule has 0 spiro atoms. The van der Waals surface area contributed by atoms with Crippen LogP contribution in [0.5, 0.6) is 5.75 Å². The van der Waals surface area contributed by atoms with Crippen LogP contribution in [0.1, 0.15) is 63.0 Å². The number of benzene rings is 2. The highest BCUT2D eigenvalue weighted by atomic mass is 19.3. The fourth-order valence-corrected chi connectivity index (χ4v) is 4.43. The second kappa shape index (κ2) is 10.1. The maximum atomic E-state index is 14.4. The first-order valence-corrected chi connectivity index (χ1v) is 10.8. The van der Waals surface area contributed by atoms with Crippen LogP contribution in [0.15, 0.2) is 24.3 Å². The van der Waals surface area contributed by atoms with Gasteiger partial charge >= 0.3 is 6.11 Å². The Morgan fingerprint density at radius 3 is 1.78 bits per heavy atom. The maximum absolute atomic E-state index is 14.4. The fraction of sp³-hybridized carbons (Fsp3) is 0.500. The average molecular weight is 462 g/mol. The summed E-state index contributed by atoms with van der Waals surface area (Å²) in [6.07, 6.45) is 3.20. The van der Waals surface area contributed by atoms with Crippen LogP contribution in [0.4, 0.5) is 30.7 Å². The molecule has 1 nitrogen and oxygen atoms in total. The predicted octanol–water partition coefficient (Wildman–Crippen LogP) is 8.05. The molecule has 0 heterocycles. The minimum Gasteiger partial charge on any atom is -0.429 e. The van der Waals surface area contributed by atoms with E-state index in [1.807, 2.05) is 0 Å². The van der Waals surface area contributed by atoms with Crippen LogP contribution in [-0.2, 0) is 12.5 Å². The van der Waals surface area contributed by atoms with Gasteiger partial charge in [-0.15, -0.1) is 0 Å². The molecule has 0 unspecified atom stereocenters. The highest BCUT2D eigenvalue weighted by Gasteiger charge is 2.41. The van der Waals surface area contributed by atoms with Gasteiger partial charge in [0.25, 0.3) is 0 Å². The summed E-state index contributed by atoms with van der Waals surface area (Å²) in [6, 6.07) is 1.99. The lowest BCUT2D eigenvalue weighted by Crippen LogP contribution is -2.25. The van der Waals surface area contributed by atoms with Crippen molar-refractivity contribution in [3.63, 3.8) is 0 Å². The number of rotatable bonds is 8. The van der Waals surface area contributed by atoms with Gasteiger partial charge < -0.3 is 4.74 Å². The Morgan fingerprint density at radius 2 is 1.28 bits per heavy atom. The second-order valence-corrected chi connectivity index (χ2v) is 8.47. The van der Waals surface area contributed by atoms with Crippen LogP contribution in [0, 0.1) is 40.9 Å². The van der Waals surface area contributed by atoms with E-state index in [-0.39, 0.29) is 17.7 Å². The van der Waals surface area contributed by atoms with E-state index >= 15 is 0 Å². The van der Waals surface area contributed by atoms with Crippen molar-refractivity contribution in [2.24, 2.45) is 11.8 Å². The normalized spacial score (nSPS) is 19.2. The molecule has 1 aliphatic rings. The molecule has 8 heteroatoms. The summed E-state index contributed by atoms with van der Waals surface area (Å²) in [5, 5.41) is 0. The summed E-state index contributed by atoms with van der Waals surface area (Å²) in [7, 11) is 0. The van der Waals surface area contributed by atoms with E-state index in [2.05, 4.69) is 11.7 Å². The third kappa shape index (κ3) is 5.75. The molecule has 0 N–H and O–H groups in total. The Morgan fingerprint density at radius 1 is 0.781 bits per heavy atom. The van der Waals surface area contributed by atoms with Crippen LogP contribution in [0.3, 0.4) is 0 Å². The zero-order chi connectivity index (χ0) is 23.5. The van der Waals surface area contributed by atoms with Crippen molar-refractivity contribution in [1.82, 2.24) is 0 Å². The van der Waals surface area contributed by atoms with E-state index in [1.165, 1.54) is 6.42 Å². The first kappa shape index (κ1) is 24.4. The first-order chi connectivity index (χ1) is 15.1. The number of hydrogen-bond donors (Lipinski definition) is 0. The molecule has 32 heavy (non-hydrogen) atoms. The van der Waals surface area contributed by atoms with Crippen LogP contribution >= 0.6 is 0 Å². The molecule has 0 amide bonds. The highest BCUT2D eigenvalue weighted by Crippen LogP contribution is 2.37. The largest absolute Gasteiger partial charge is 0.432 e. The molecule has 2 aromatic carbocycles. The molecule has 0 aliphatic heterocycles. The molecule has 0 bridgehead atoms. The Labute approximate surface area is 182 Å². The van der Waals surface area contributed by atoms with Crippen molar-refractivity contribution in [2.45, 2.75) is 64.4 Å². The maximum Gasteiger partial charge on any atom is 0.432 e. The monoisotopic (exact) mass is 462 g/mol. The molecule has 0 atom stereocenters. The minimum absolute atomic E-state index is 0.172. The van der Waals surface area contributed by atoms with E-state index in [0.717, 1.165) is 50.2 Å². The van der Waals surface area contributed by atoms with Gasteiger partial charge in [-0.3, -0.25) is 0 Å². The smallest absolute Gasteiger partial charge is 0.429 e. The lowest BCUT2D eigenvalue weighted by molar-refractivity contribution is -0.189. The van der Waals surface area contributed by atoms with Gasteiger partial charge in [0.1, 0.15) is 22.9 Å². The topological polar surface area (TPSA) is 9.23 Å². The number of alkyl halides is 2. The fourth-order valence-electron chi connectivity index (χ4n) is 4.43. The standard InChI is InChI=1S/C24H25F7O/c1-2-3-14-4-6-15(7-5-14)8-9-16-10-18(25)22(19(26)11-16)24(30,31)32-17-12-20(27)23(29)21(28)13-17/h10-15H,2-9H2,1H3/t14-,15-. The lowest BCUT2D eigenvalue weighted by atomic mass is 9.78. The second-order valence-electron chi connectivity index (χ2n) is 8.47. The minimum atomic E-state index is -4.57. The van der Waals surface area contributed by atoms with Crippen LogP contribution < -0.4 is 4.74 Å². The molecule has 1 saturated carbocycles. The van der Waals surface area contributed by atoms with Crippen molar-refractivity contribution in [3.05, 3.63) is 64.5 Å². The summed E-state index contributed by atoms with van der Waals surface area (Å²) < 4.78 is 101. The number of aryl methyl sites for hydroxylation is 1. The van der Waals surface area contributed by atoms with Gasteiger partial charge in [-0.1, -0.05) is 45.4 Å². The predicted molar refractivity (Wildman–Crippen MR) is 106 cm³/mol. The van der Waals surface area contributed by atoms with E-state index in [9.17, 15) is 30.7 Å². The molecule has 2 aromatic rings. The van der Waals surface area contributed by atoms with Gasteiger partial charge in [0.15, 0.2) is 17.5 Å². The van der Waals surface area contributed by atoms with E-state index < -0.39 is 46.5 Å². The molecule has 1 aliphatic carbocycles. The van der Waals surface area contributed by atoms with E-state index in [4.69, 9.17) is 0 Å². The summed E-state index contributed by atoms with van der Waals surface area (Å²) in [5.41, 5.74) is -1.43. The van der Waals surface area contributed by atoms with E-state index in [0.29, 0.717) is 18.8 Å². The third-order valence-electron chi connectivity index (χ3n) is 6.10. The van der Waals surface area contributed by atoms with Gasteiger partial charge in [-0.25, -0.2) is 22.0 Å². The van der Waals surface area contributed by atoms with Crippen molar-refractivity contribution in [2.75, 3.05) is 0 Å². The van der Waals surface area contributed by atoms with E-state index in [1.54, 1.807) is 0 Å². The van der Waals surface area contributed by atoms with Gasteiger partial charge in [0.05, 0.1) is 0 Å². The third-order valence-corrected chi connectivity index (χ3v) is 6.10. The number of hydrogen-bond acceptors (Lipinski definition) is 1. The molecule has 0 saturated heterocycles. The molecule has 3 rings (SSSR count).